The van der Waals surface area contributed by atoms with Crippen LogP contribution in [0, 0.1) is 0 Å². The molecule has 3 nitrogen and oxygen atoms in total. The molecule has 0 radical (unpaired) electrons. The fraction of sp³-hybridized carbons (Fsp3) is 0.500. The molecule has 0 saturated carbocycles. The number of carbonyl (C=O) groups is 1. The lowest BCUT2D eigenvalue weighted by molar-refractivity contribution is -0.122. The van der Waals surface area contributed by atoms with Gasteiger partial charge in [0.25, 0.3) is 0 Å². The topological polar surface area (TPSA) is 41.1 Å². The van der Waals surface area contributed by atoms with E-state index >= 15 is 0 Å². The Morgan fingerprint density at radius 3 is 3.00 bits per heavy atom. The molecular weight excluding hydrogens is 196 g/mol. The first-order valence-electron chi connectivity index (χ1n) is 4.77. The van der Waals surface area contributed by atoms with Gasteiger partial charge >= 0.3 is 0 Å². The number of hydrogen-bond acceptors (Lipinski definition) is 3. The van der Waals surface area contributed by atoms with Gasteiger partial charge in [-0.05, 0) is 25.3 Å². The quantitative estimate of drug-likeness (QED) is 0.774. The Labute approximate surface area is 88.5 Å². The molecule has 0 saturated heterocycles. The van der Waals surface area contributed by atoms with Gasteiger partial charge in [-0.1, -0.05) is 6.07 Å². The van der Waals surface area contributed by atoms with Crippen LogP contribution in [0.1, 0.15) is 18.7 Å². The largest absolute Gasteiger partial charge is 0.355 e. The molecule has 78 valence electrons. The molecule has 1 rings (SSSR count). The van der Waals surface area contributed by atoms with Crippen LogP contribution in [-0.2, 0) is 11.3 Å². The maximum Gasteiger partial charge on any atom is 0.236 e. The van der Waals surface area contributed by atoms with Gasteiger partial charge in [0.05, 0.1) is 6.04 Å². The van der Waals surface area contributed by atoms with E-state index in [2.05, 4.69) is 16.7 Å². The molecule has 1 aromatic rings. The van der Waals surface area contributed by atoms with Gasteiger partial charge in [-0.2, -0.15) is 0 Å². The van der Waals surface area contributed by atoms with Crippen LogP contribution in [0.15, 0.2) is 17.5 Å². The molecule has 0 aliphatic rings. The summed E-state index contributed by atoms with van der Waals surface area (Å²) in [5.41, 5.74) is 0. The third-order valence-corrected chi connectivity index (χ3v) is 2.78. The number of carbonyl (C=O) groups excluding carboxylic acids is 1. The fourth-order valence-corrected chi connectivity index (χ4v) is 1.74. The van der Waals surface area contributed by atoms with Gasteiger partial charge in [-0.25, -0.2) is 0 Å². The predicted octanol–water partition coefficient (Wildman–Crippen LogP) is 1.36. The Bertz CT molecular complexity index is 272. The highest BCUT2D eigenvalue weighted by Gasteiger charge is 2.10. The Morgan fingerprint density at radius 2 is 2.43 bits per heavy atom. The molecule has 0 aromatic carbocycles. The molecule has 1 unspecified atom stereocenters. The minimum atomic E-state index is -0.128. The van der Waals surface area contributed by atoms with Gasteiger partial charge in [0.1, 0.15) is 0 Å². The molecular formula is C10H16N2OS. The van der Waals surface area contributed by atoms with Crippen LogP contribution in [-0.4, -0.2) is 18.5 Å². The first kappa shape index (κ1) is 11.2. The summed E-state index contributed by atoms with van der Waals surface area (Å²) in [7, 11) is 0. The third-order valence-electron chi connectivity index (χ3n) is 1.91. The lowest BCUT2D eigenvalue weighted by Crippen LogP contribution is -2.41. The van der Waals surface area contributed by atoms with Crippen LogP contribution in [0.4, 0.5) is 0 Å². The van der Waals surface area contributed by atoms with Crippen LogP contribution >= 0.6 is 11.3 Å². The van der Waals surface area contributed by atoms with E-state index in [-0.39, 0.29) is 11.9 Å². The normalized spacial score (nSPS) is 12.4. The van der Waals surface area contributed by atoms with Crippen molar-refractivity contribution in [2.24, 2.45) is 0 Å². The van der Waals surface area contributed by atoms with Crippen LogP contribution in [0.3, 0.4) is 0 Å². The standard InChI is InChI=1S/C10H16N2OS/c1-3-11-10(13)8(2)12-7-9-5-4-6-14-9/h4-6,8,12H,3,7H2,1-2H3,(H,11,13). The van der Waals surface area contributed by atoms with Crippen molar-refractivity contribution in [2.75, 3.05) is 6.54 Å². The van der Waals surface area contributed by atoms with Gasteiger partial charge in [0.2, 0.25) is 5.91 Å². The SMILES string of the molecule is CCNC(=O)C(C)NCc1cccs1. The van der Waals surface area contributed by atoms with E-state index in [9.17, 15) is 4.79 Å². The Kier molecular flexibility index (Phi) is 4.62. The average Bonchev–Trinajstić information content (AvgIpc) is 2.67. The lowest BCUT2D eigenvalue weighted by atomic mass is 10.3. The van der Waals surface area contributed by atoms with Crippen molar-refractivity contribution < 1.29 is 4.79 Å². The van der Waals surface area contributed by atoms with Gasteiger partial charge in [0.15, 0.2) is 0 Å². The zero-order valence-corrected chi connectivity index (χ0v) is 9.36. The summed E-state index contributed by atoms with van der Waals surface area (Å²) < 4.78 is 0. The van der Waals surface area contributed by atoms with Crippen molar-refractivity contribution in [3.8, 4) is 0 Å². The van der Waals surface area contributed by atoms with E-state index in [0.717, 1.165) is 6.54 Å². The summed E-state index contributed by atoms with van der Waals surface area (Å²) in [5, 5.41) is 7.98. The van der Waals surface area contributed by atoms with E-state index < -0.39 is 0 Å². The average molecular weight is 212 g/mol. The third kappa shape index (κ3) is 3.47. The summed E-state index contributed by atoms with van der Waals surface area (Å²) >= 11 is 1.70. The van der Waals surface area contributed by atoms with E-state index in [1.165, 1.54) is 4.88 Å². The highest BCUT2D eigenvalue weighted by molar-refractivity contribution is 7.09. The number of thiophene rings is 1. The van der Waals surface area contributed by atoms with Crippen LogP contribution in [0.5, 0.6) is 0 Å². The van der Waals surface area contributed by atoms with Gasteiger partial charge in [0, 0.05) is 18.0 Å². The Hall–Kier alpha value is -0.870. The molecule has 0 spiro atoms. The molecule has 2 N–H and O–H groups in total. The summed E-state index contributed by atoms with van der Waals surface area (Å²) in [6.07, 6.45) is 0. The molecule has 0 aliphatic carbocycles. The van der Waals surface area contributed by atoms with Gasteiger partial charge in [-0.15, -0.1) is 11.3 Å². The Balaban J connectivity index is 2.27. The van der Waals surface area contributed by atoms with Gasteiger partial charge < -0.3 is 10.6 Å². The van der Waals surface area contributed by atoms with E-state index in [1.54, 1.807) is 11.3 Å². The minimum Gasteiger partial charge on any atom is -0.355 e. The molecule has 0 fully saturated rings. The number of likely N-dealkylation sites (N-methyl/N-ethyl adjacent to an activating group) is 1. The maximum atomic E-state index is 11.3. The van der Waals surface area contributed by atoms with Crippen LogP contribution in [0.25, 0.3) is 0 Å². The first-order chi connectivity index (χ1) is 6.74. The first-order valence-corrected chi connectivity index (χ1v) is 5.65. The summed E-state index contributed by atoms with van der Waals surface area (Å²) in [4.78, 5) is 12.6. The molecule has 4 heteroatoms. The van der Waals surface area contributed by atoms with Crippen LogP contribution < -0.4 is 10.6 Å². The number of nitrogens with one attached hydrogen (secondary N) is 2. The van der Waals surface area contributed by atoms with Crippen molar-refractivity contribution in [3.05, 3.63) is 22.4 Å². The fourth-order valence-electron chi connectivity index (χ4n) is 1.09. The molecule has 1 atom stereocenters. The second kappa shape index (κ2) is 5.78. The second-order valence-corrected chi connectivity index (χ2v) is 4.11. The van der Waals surface area contributed by atoms with Crippen molar-refractivity contribution in [1.82, 2.24) is 10.6 Å². The van der Waals surface area contributed by atoms with Gasteiger partial charge in [-0.3, -0.25) is 4.79 Å². The summed E-state index contributed by atoms with van der Waals surface area (Å²) in [6.45, 7) is 5.24. The van der Waals surface area contributed by atoms with Crippen molar-refractivity contribution in [3.63, 3.8) is 0 Å². The molecule has 0 bridgehead atoms. The maximum absolute atomic E-state index is 11.3. The lowest BCUT2D eigenvalue weighted by Gasteiger charge is -2.12. The molecule has 0 aliphatic heterocycles. The summed E-state index contributed by atoms with van der Waals surface area (Å²) in [5.74, 6) is 0.0593. The van der Waals surface area contributed by atoms with Crippen molar-refractivity contribution >= 4 is 17.2 Å². The number of amides is 1. The molecule has 1 heterocycles. The second-order valence-electron chi connectivity index (χ2n) is 3.08. The zero-order chi connectivity index (χ0) is 10.4. The minimum absolute atomic E-state index is 0.0593. The zero-order valence-electron chi connectivity index (χ0n) is 8.54. The van der Waals surface area contributed by atoms with E-state index in [0.29, 0.717) is 6.54 Å². The number of rotatable bonds is 5. The molecule has 14 heavy (non-hydrogen) atoms. The highest BCUT2D eigenvalue weighted by atomic mass is 32.1. The van der Waals surface area contributed by atoms with Crippen molar-refractivity contribution in [1.29, 1.82) is 0 Å². The van der Waals surface area contributed by atoms with E-state index in [1.807, 2.05) is 25.3 Å². The molecule has 1 amide bonds. The van der Waals surface area contributed by atoms with Crippen LogP contribution in [0.2, 0.25) is 0 Å². The van der Waals surface area contributed by atoms with Crippen molar-refractivity contribution in [2.45, 2.75) is 26.4 Å². The number of hydrogen-bond donors (Lipinski definition) is 2. The van der Waals surface area contributed by atoms with E-state index in [4.69, 9.17) is 0 Å². The smallest absolute Gasteiger partial charge is 0.236 e. The summed E-state index contributed by atoms with van der Waals surface area (Å²) in [6, 6.07) is 3.94. The predicted molar refractivity (Wildman–Crippen MR) is 59.3 cm³/mol. The molecule has 1 aromatic heterocycles. The monoisotopic (exact) mass is 212 g/mol. The Morgan fingerprint density at radius 1 is 1.64 bits per heavy atom. The highest BCUT2D eigenvalue weighted by Crippen LogP contribution is 2.07.